The summed E-state index contributed by atoms with van der Waals surface area (Å²) in [5.41, 5.74) is 0. The van der Waals surface area contributed by atoms with Crippen LogP contribution in [0, 0.1) is 5.82 Å². The van der Waals surface area contributed by atoms with Crippen LogP contribution in [0.3, 0.4) is 0 Å². The number of hydrogen-bond acceptors (Lipinski definition) is 3. The summed E-state index contributed by atoms with van der Waals surface area (Å²) in [6.45, 7) is 0. The molecular formula is C10H10FNO3S. The summed E-state index contributed by atoms with van der Waals surface area (Å²) in [5, 5.41) is 9.16. The normalized spacial score (nSPS) is 14.9. The number of fused-ring (bicyclic) bond motifs is 1. The third-order valence-corrected chi connectivity index (χ3v) is 3.64. The van der Waals surface area contributed by atoms with E-state index in [0.29, 0.717) is 18.1 Å². The van der Waals surface area contributed by atoms with Gasteiger partial charge in [0.05, 0.1) is 4.90 Å². The van der Waals surface area contributed by atoms with Crippen LogP contribution in [0.1, 0.15) is 12.8 Å². The molecule has 1 aliphatic carbocycles. The van der Waals surface area contributed by atoms with Crippen molar-refractivity contribution in [1.29, 1.82) is 0 Å². The Morgan fingerprint density at radius 2 is 1.81 bits per heavy atom. The first-order valence-electron chi connectivity index (χ1n) is 4.71. The van der Waals surface area contributed by atoms with Crippen LogP contribution in [0.4, 0.5) is 4.39 Å². The van der Waals surface area contributed by atoms with Gasteiger partial charge < -0.3 is 5.21 Å². The molecule has 0 saturated carbocycles. The molecule has 0 atom stereocenters. The van der Waals surface area contributed by atoms with E-state index in [0.717, 1.165) is 12.1 Å². The molecule has 16 heavy (non-hydrogen) atoms. The zero-order valence-corrected chi connectivity index (χ0v) is 9.09. The minimum absolute atomic E-state index is 0.109. The minimum atomic E-state index is -3.97. The minimum Gasteiger partial charge on any atom is -0.302 e. The van der Waals surface area contributed by atoms with Crippen LogP contribution in [-0.2, 0) is 10.0 Å². The van der Waals surface area contributed by atoms with E-state index in [1.807, 2.05) is 0 Å². The summed E-state index contributed by atoms with van der Waals surface area (Å²) in [6, 6.07) is 2.22. The first-order valence-corrected chi connectivity index (χ1v) is 6.19. The second-order valence-corrected chi connectivity index (χ2v) is 5.08. The molecule has 0 aromatic heterocycles. The fourth-order valence-corrected chi connectivity index (χ4v) is 2.57. The van der Waals surface area contributed by atoms with Gasteiger partial charge >= 0.3 is 0 Å². The molecule has 6 heteroatoms. The molecule has 0 spiro atoms. The van der Waals surface area contributed by atoms with E-state index >= 15 is 0 Å². The fraction of sp³-hybridized carbons (Fsp3) is 0.200. The van der Waals surface area contributed by atoms with Crippen molar-refractivity contribution in [2.75, 3.05) is 0 Å². The third kappa shape index (κ3) is 1.75. The number of hydrogen-bond donors (Lipinski definition) is 2. The molecule has 0 fully saturated rings. The maximum absolute atomic E-state index is 13.4. The van der Waals surface area contributed by atoms with Crippen LogP contribution in [-0.4, -0.2) is 13.6 Å². The van der Waals surface area contributed by atoms with Gasteiger partial charge in [0.2, 0.25) is 0 Å². The molecule has 4 nitrogen and oxygen atoms in total. The lowest BCUT2D eigenvalue weighted by molar-refractivity contribution is 0.242. The SMILES string of the molecule is O=S(=O)(NO)c1ccc(F)c2c1=CCCC=2. The predicted octanol–water partition coefficient (Wildman–Crippen LogP) is -0.152. The van der Waals surface area contributed by atoms with Gasteiger partial charge in [0, 0.05) is 10.4 Å². The van der Waals surface area contributed by atoms with Gasteiger partial charge in [-0.1, -0.05) is 17.0 Å². The average Bonchev–Trinajstić information content (AvgIpc) is 2.29. The molecule has 1 aromatic rings. The molecule has 0 amide bonds. The highest BCUT2D eigenvalue weighted by Crippen LogP contribution is 2.05. The number of rotatable bonds is 2. The highest BCUT2D eigenvalue weighted by atomic mass is 32.2. The predicted molar refractivity (Wildman–Crippen MR) is 55.9 cm³/mol. The van der Waals surface area contributed by atoms with E-state index < -0.39 is 15.8 Å². The summed E-state index contributed by atoms with van der Waals surface area (Å²) >= 11 is 0. The Hall–Kier alpha value is -1.24. The highest BCUT2D eigenvalue weighted by molar-refractivity contribution is 7.89. The van der Waals surface area contributed by atoms with Crippen molar-refractivity contribution in [1.82, 2.24) is 4.89 Å². The van der Waals surface area contributed by atoms with E-state index in [2.05, 4.69) is 0 Å². The fourth-order valence-electron chi connectivity index (χ4n) is 1.75. The van der Waals surface area contributed by atoms with Crippen molar-refractivity contribution in [3.63, 3.8) is 0 Å². The zero-order valence-electron chi connectivity index (χ0n) is 8.27. The molecule has 0 aliphatic heterocycles. The van der Waals surface area contributed by atoms with Crippen LogP contribution in [0.2, 0.25) is 0 Å². The van der Waals surface area contributed by atoms with Gasteiger partial charge in [0.15, 0.2) is 0 Å². The number of nitrogens with one attached hydrogen (secondary N) is 1. The monoisotopic (exact) mass is 243 g/mol. The number of sulfonamides is 1. The Morgan fingerprint density at radius 3 is 2.44 bits per heavy atom. The highest BCUT2D eigenvalue weighted by Gasteiger charge is 2.16. The van der Waals surface area contributed by atoms with Crippen molar-refractivity contribution in [3.05, 3.63) is 28.4 Å². The van der Waals surface area contributed by atoms with Crippen LogP contribution < -0.4 is 15.3 Å². The van der Waals surface area contributed by atoms with Gasteiger partial charge in [-0.15, -0.1) is 0 Å². The van der Waals surface area contributed by atoms with Crippen LogP contribution in [0.25, 0.3) is 12.2 Å². The number of halogens is 1. The van der Waals surface area contributed by atoms with Crippen molar-refractivity contribution in [2.24, 2.45) is 0 Å². The Labute approximate surface area is 91.7 Å². The Balaban J connectivity index is 2.87. The summed E-state index contributed by atoms with van der Waals surface area (Å²) < 4.78 is 36.3. The molecule has 0 heterocycles. The molecule has 0 bridgehead atoms. The van der Waals surface area contributed by atoms with Gasteiger partial charge in [0.1, 0.15) is 5.82 Å². The Kier molecular flexibility index (Phi) is 2.79. The molecule has 1 aliphatic rings. The lowest BCUT2D eigenvalue weighted by Gasteiger charge is -2.07. The maximum Gasteiger partial charge on any atom is 0.262 e. The van der Waals surface area contributed by atoms with Gasteiger partial charge in [-0.25, -0.2) is 12.8 Å². The molecule has 1 aromatic carbocycles. The average molecular weight is 243 g/mol. The molecular weight excluding hydrogens is 233 g/mol. The van der Waals surface area contributed by atoms with Crippen LogP contribution >= 0.6 is 0 Å². The van der Waals surface area contributed by atoms with E-state index in [4.69, 9.17) is 5.21 Å². The van der Waals surface area contributed by atoms with Gasteiger partial charge in [0.25, 0.3) is 10.0 Å². The number of benzene rings is 1. The Bertz CT molecular complexity index is 637. The van der Waals surface area contributed by atoms with Crippen LogP contribution in [0.15, 0.2) is 17.0 Å². The van der Waals surface area contributed by atoms with Crippen molar-refractivity contribution >= 4 is 22.2 Å². The zero-order chi connectivity index (χ0) is 11.8. The van der Waals surface area contributed by atoms with E-state index in [1.165, 1.54) is 4.89 Å². The van der Waals surface area contributed by atoms with Crippen LogP contribution in [0.5, 0.6) is 0 Å². The Morgan fingerprint density at radius 1 is 1.19 bits per heavy atom. The quantitative estimate of drug-likeness (QED) is 0.710. The summed E-state index contributed by atoms with van der Waals surface area (Å²) in [7, 11) is -3.97. The van der Waals surface area contributed by atoms with E-state index in [1.54, 1.807) is 12.2 Å². The third-order valence-electron chi connectivity index (χ3n) is 2.47. The maximum atomic E-state index is 13.4. The lowest BCUT2D eigenvalue weighted by atomic mass is 10.1. The molecule has 86 valence electrons. The van der Waals surface area contributed by atoms with Crippen molar-refractivity contribution in [3.8, 4) is 0 Å². The summed E-state index contributed by atoms with van der Waals surface area (Å²) in [6.07, 6.45) is 4.65. The van der Waals surface area contributed by atoms with Gasteiger partial charge in [-0.2, -0.15) is 0 Å². The largest absolute Gasteiger partial charge is 0.302 e. The van der Waals surface area contributed by atoms with E-state index in [9.17, 15) is 12.8 Å². The second-order valence-electron chi connectivity index (χ2n) is 3.45. The summed E-state index contributed by atoms with van der Waals surface area (Å²) in [5.74, 6) is -0.456. The molecule has 2 rings (SSSR count). The van der Waals surface area contributed by atoms with E-state index in [-0.39, 0.29) is 10.1 Å². The first kappa shape index (κ1) is 11.3. The molecule has 0 saturated heterocycles. The van der Waals surface area contributed by atoms with Gasteiger partial charge in [-0.05, 0) is 25.0 Å². The first-order chi connectivity index (χ1) is 7.56. The second kappa shape index (κ2) is 3.97. The van der Waals surface area contributed by atoms with Crippen molar-refractivity contribution < 1.29 is 18.0 Å². The topological polar surface area (TPSA) is 66.4 Å². The lowest BCUT2D eigenvalue weighted by Crippen LogP contribution is -2.37. The molecule has 2 N–H and O–H groups in total. The van der Waals surface area contributed by atoms with Gasteiger partial charge in [-0.3, -0.25) is 0 Å². The smallest absolute Gasteiger partial charge is 0.262 e. The molecule has 0 radical (unpaired) electrons. The molecule has 0 unspecified atom stereocenters. The van der Waals surface area contributed by atoms with Crippen molar-refractivity contribution in [2.45, 2.75) is 17.7 Å². The standard InChI is InChI=1S/C10H10FNO3S/c11-9-5-6-10(16(14,15)12-13)8-4-2-1-3-7(8)9/h3-6,12-13H,1-2H2. The summed E-state index contributed by atoms with van der Waals surface area (Å²) in [4.78, 5) is 1.13.